The van der Waals surface area contributed by atoms with Gasteiger partial charge in [-0.25, -0.2) is 4.79 Å². The largest absolute Gasteiger partial charge is 0.325 e. The first-order valence-corrected chi connectivity index (χ1v) is 8.52. The minimum atomic E-state index is -1.46. The number of ketones is 1. The third-order valence-electron chi connectivity index (χ3n) is 4.23. The van der Waals surface area contributed by atoms with E-state index in [0.717, 1.165) is 9.78 Å². The molecule has 0 aliphatic carbocycles. The lowest BCUT2D eigenvalue weighted by Gasteiger charge is -2.21. The number of amides is 3. The lowest BCUT2D eigenvalue weighted by Crippen LogP contribution is -2.41. The molecule has 0 bridgehead atoms. The number of non-ortho nitro benzene ring substituents is 1. The van der Waals surface area contributed by atoms with E-state index in [2.05, 4.69) is 5.32 Å². The molecule has 26 heavy (non-hydrogen) atoms. The molecular formula is C17H15N3O5S. The number of nitrogens with one attached hydrogen (secondary N) is 1. The second-order valence-electron chi connectivity index (χ2n) is 6.09. The Hall–Kier alpha value is -3.07. The summed E-state index contributed by atoms with van der Waals surface area (Å²) in [4.78, 5) is 50.1. The highest BCUT2D eigenvalue weighted by atomic mass is 32.1. The second-order valence-corrected chi connectivity index (χ2v) is 7.38. The van der Waals surface area contributed by atoms with Gasteiger partial charge < -0.3 is 5.32 Å². The highest BCUT2D eigenvalue weighted by Crippen LogP contribution is 2.31. The van der Waals surface area contributed by atoms with E-state index in [1.54, 1.807) is 12.1 Å². The first-order chi connectivity index (χ1) is 12.2. The van der Waals surface area contributed by atoms with Crippen molar-refractivity contribution in [3.8, 4) is 0 Å². The molecule has 1 aromatic carbocycles. The van der Waals surface area contributed by atoms with E-state index >= 15 is 0 Å². The van der Waals surface area contributed by atoms with Crippen molar-refractivity contribution in [1.82, 2.24) is 10.2 Å². The molecule has 2 heterocycles. The number of carbonyl (C=O) groups excluding carboxylic acids is 3. The molecule has 0 saturated carbocycles. The maximum Gasteiger partial charge on any atom is 0.325 e. The number of urea groups is 1. The van der Waals surface area contributed by atoms with Crippen molar-refractivity contribution in [2.45, 2.75) is 19.4 Å². The number of benzene rings is 1. The van der Waals surface area contributed by atoms with Gasteiger partial charge in [0, 0.05) is 17.0 Å². The van der Waals surface area contributed by atoms with Gasteiger partial charge in [-0.1, -0.05) is 12.1 Å². The van der Waals surface area contributed by atoms with Crippen molar-refractivity contribution in [1.29, 1.82) is 0 Å². The van der Waals surface area contributed by atoms with E-state index in [4.69, 9.17) is 0 Å². The number of hydrogen-bond acceptors (Lipinski definition) is 6. The smallest absolute Gasteiger partial charge is 0.319 e. The molecule has 1 aliphatic heterocycles. The monoisotopic (exact) mass is 373 g/mol. The standard InChI is InChI=1S/C17H15N3O5S/c1-10-6-7-14(26-10)13(21)9-19-15(22)17(2,18-16(19)23)11-4-3-5-12(8-11)20(24)25/h3-8H,9H2,1-2H3,(H,18,23). The molecule has 1 unspecified atom stereocenters. The Bertz CT molecular complexity index is 938. The van der Waals surface area contributed by atoms with Gasteiger partial charge in [-0.05, 0) is 31.5 Å². The molecule has 0 radical (unpaired) electrons. The number of thiophene rings is 1. The average molecular weight is 373 g/mol. The molecule has 1 aliphatic rings. The lowest BCUT2D eigenvalue weighted by atomic mass is 9.91. The summed E-state index contributed by atoms with van der Waals surface area (Å²) in [6, 6.07) is 8.25. The summed E-state index contributed by atoms with van der Waals surface area (Å²) >= 11 is 1.29. The van der Waals surface area contributed by atoms with E-state index in [1.165, 1.54) is 42.5 Å². The van der Waals surface area contributed by atoms with Crippen molar-refractivity contribution in [2.24, 2.45) is 0 Å². The number of carbonyl (C=O) groups is 3. The van der Waals surface area contributed by atoms with E-state index in [-0.39, 0.29) is 23.6 Å². The normalized spacial score (nSPS) is 19.5. The van der Waals surface area contributed by atoms with Crippen molar-refractivity contribution in [3.63, 3.8) is 0 Å². The fraction of sp³-hybridized carbons (Fsp3) is 0.235. The SMILES string of the molecule is Cc1ccc(C(=O)CN2C(=O)NC(C)(c3cccc([N+](=O)[O-])c3)C2=O)s1. The zero-order chi connectivity index (χ0) is 19.1. The van der Waals surface area contributed by atoms with Crippen LogP contribution in [-0.4, -0.2) is 34.1 Å². The van der Waals surface area contributed by atoms with Crippen molar-refractivity contribution >= 4 is 34.7 Å². The molecule has 0 spiro atoms. The van der Waals surface area contributed by atoms with E-state index < -0.39 is 22.4 Å². The predicted octanol–water partition coefficient (Wildman–Crippen LogP) is 2.61. The van der Waals surface area contributed by atoms with Crippen molar-refractivity contribution in [2.75, 3.05) is 6.54 Å². The Morgan fingerprint density at radius 2 is 2.04 bits per heavy atom. The summed E-state index contributed by atoms with van der Waals surface area (Å²) in [5, 5.41) is 13.5. The molecule has 134 valence electrons. The van der Waals surface area contributed by atoms with Crippen LogP contribution in [0, 0.1) is 17.0 Å². The summed E-state index contributed by atoms with van der Waals surface area (Å²) < 4.78 is 0. The highest BCUT2D eigenvalue weighted by Gasteiger charge is 2.49. The first-order valence-electron chi connectivity index (χ1n) is 7.71. The Labute approximate surface area is 152 Å². The van der Waals surface area contributed by atoms with Gasteiger partial charge in [0.1, 0.15) is 5.54 Å². The Balaban J connectivity index is 1.87. The molecule has 1 fully saturated rings. The summed E-state index contributed by atoms with van der Waals surface area (Å²) in [7, 11) is 0. The van der Waals surface area contributed by atoms with Crippen LogP contribution in [0.5, 0.6) is 0 Å². The van der Waals surface area contributed by atoms with Crippen LogP contribution in [0.15, 0.2) is 36.4 Å². The van der Waals surface area contributed by atoms with Crippen LogP contribution in [0.4, 0.5) is 10.5 Å². The van der Waals surface area contributed by atoms with Gasteiger partial charge in [-0.15, -0.1) is 11.3 Å². The van der Waals surface area contributed by atoms with Crippen molar-refractivity contribution in [3.05, 3.63) is 61.8 Å². The maximum absolute atomic E-state index is 12.8. The van der Waals surface area contributed by atoms with Gasteiger partial charge in [0.2, 0.25) is 0 Å². The molecule has 3 rings (SSSR count). The number of rotatable bonds is 5. The van der Waals surface area contributed by atoms with Crippen LogP contribution in [0.1, 0.15) is 27.0 Å². The van der Waals surface area contributed by atoms with Gasteiger partial charge in [-0.3, -0.25) is 24.6 Å². The zero-order valence-electron chi connectivity index (χ0n) is 14.0. The van der Waals surface area contributed by atoms with Crippen LogP contribution in [0.2, 0.25) is 0 Å². The Morgan fingerprint density at radius 1 is 1.31 bits per heavy atom. The van der Waals surface area contributed by atoms with Crippen molar-refractivity contribution < 1.29 is 19.3 Å². The summed E-state index contributed by atoms with van der Waals surface area (Å²) in [6.07, 6.45) is 0. The molecule has 1 atom stereocenters. The number of hydrogen-bond donors (Lipinski definition) is 1. The Morgan fingerprint density at radius 3 is 2.65 bits per heavy atom. The fourth-order valence-electron chi connectivity index (χ4n) is 2.77. The second kappa shape index (κ2) is 6.34. The molecular weight excluding hydrogens is 358 g/mol. The molecule has 8 nitrogen and oxygen atoms in total. The molecule has 1 N–H and O–H groups in total. The zero-order valence-corrected chi connectivity index (χ0v) is 14.8. The number of Topliss-reactive ketones (excluding diaryl/α,β-unsaturated/α-hetero) is 1. The number of nitrogens with zero attached hydrogens (tertiary/aromatic N) is 2. The average Bonchev–Trinajstić information content (AvgIpc) is 3.13. The van der Waals surface area contributed by atoms with Gasteiger partial charge in [0.05, 0.1) is 16.3 Å². The van der Waals surface area contributed by atoms with Gasteiger partial charge in [0.15, 0.2) is 5.78 Å². The molecule has 3 amide bonds. The van der Waals surface area contributed by atoms with Crippen LogP contribution in [-0.2, 0) is 10.3 Å². The van der Waals surface area contributed by atoms with Gasteiger partial charge in [0.25, 0.3) is 11.6 Å². The van der Waals surface area contributed by atoms with Gasteiger partial charge >= 0.3 is 6.03 Å². The molecule has 9 heteroatoms. The number of nitro groups is 1. The molecule has 2 aromatic rings. The third-order valence-corrected chi connectivity index (χ3v) is 5.27. The number of nitro benzene ring substituents is 1. The minimum Gasteiger partial charge on any atom is -0.319 e. The topological polar surface area (TPSA) is 110 Å². The molecule has 1 saturated heterocycles. The van der Waals surface area contributed by atoms with Crippen LogP contribution in [0.3, 0.4) is 0 Å². The predicted molar refractivity (Wildman–Crippen MR) is 94.1 cm³/mol. The van der Waals surface area contributed by atoms with Crippen LogP contribution < -0.4 is 5.32 Å². The van der Waals surface area contributed by atoms with E-state index in [1.807, 2.05) is 6.92 Å². The third kappa shape index (κ3) is 2.97. The van der Waals surface area contributed by atoms with Crippen LogP contribution in [0.25, 0.3) is 0 Å². The van der Waals surface area contributed by atoms with Gasteiger partial charge in [-0.2, -0.15) is 0 Å². The summed E-state index contributed by atoms with van der Waals surface area (Å²) in [5.41, 5.74) is -1.37. The summed E-state index contributed by atoms with van der Waals surface area (Å²) in [5.74, 6) is -0.959. The van der Waals surface area contributed by atoms with E-state index in [0.29, 0.717) is 4.88 Å². The Kier molecular flexibility index (Phi) is 4.33. The van der Waals surface area contributed by atoms with E-state index in [9.17, 15) is 24.5 Å². The highest BCUT2D eigenvalue weighted by molar-refractivity contribution is 7.14. The lowest BCUT2D eigenvalue weighted by molar-refractivity contribution is -0.385. The number of aryl methyl sites for hydroxylation is 1. The quantitative estimate of drug-likeness (QED) is 0.375. The fourth-order valence-corrected chi connectivity index (χ4v) is 3.57. The molecule has 1 aromatic heterocycles. The van der Waals surface area contributed by atoms with Crippen LogP contribution >= 0.6 is 11.3 Å². The first kappa shape index (κ1) is 17.7. The maximum atomic E-state index is 12.8. The number of imide groups is 1. The summed E-state index contributed by atoms with van der Waals surface area (Å²) in [6.45, 7) is 2.94. The minimum absolute atomic E-state index is 0.186.